The first-order valence-electron chi connectivity index (χ1n) is 9.40. The van der Waals surface area contributed by atoms with Crippen molar-refractivity contribution in [1.82, 2.24) is 9.55 Å². The van der Waals surface area contributed by atoms with E-state index in [2.05, 4.69) is 10.1 Å². The number of ether oxygens (including phenoxy) is 1. The van der Waals surface area contributed by atoms with Crippen LogP contribution in [0.2, 0.25) is 5.02 Å². The fraction of sp³-hybridized carbons (Fsp3) is 0.0909. The molecule has 32 heavy (non-hydrogen) atoms. The van der Waals surface area contributed by atoms with Crippen LogP contribution in [0.4, 0.5) is 5.69 Å². The van der Waals surface area contributed by atoms with Crippen molar-refractivity contribution in [3.8, 4) is 17.3 Å². The number of halogens is 1. The maximum absolute atomic E-state index is 13.0. The molecule has 1 amide bonds. The number of benzene rings is 2. The van der Waals surface area contributed by atoms with Gasteiger partial charge in [-0.25, -0.2) is 9.36 Å². The molecule has 9 nitrogen and oxygen atoms in total. The predicted octanol–water partition coefficient (Wildman–Crippen LogP) is 2.70. The van der Waals surface area contributed by atoms with E-state index in [4.69, 9.17) is 16.3 Å². The number of carbonyl (C=O) groups is 1. The zero-order valence-corrected chi connectivity index (χ0v) is 17.8. The number of aromatic amines is 1. The predicted molar refractivity (Wildman–Crippen MR) is 121 cm³/mol. The largest absolute Gasteiger partial charge is 0.497 e. The number of hydrogen-bond acceptors (Lipinski definition) is 6. The van der Waals surface area contributed by atoms with Crippen molar-refractivity contribution in [2.75, 3.05) is 12.1 Å². The summed E-state index contributed by atoms with van der Waals surface area (Å²) in [4.78, 5) is 39.9. The third kappa shape index (κ3) is 3.69. The van der Waals surface area contributed by atoms with Crippen LogP contribution in [0.5, 0.6) is 11.6 Å². The van der Waals surface area contributed by atoms with Crippen LogP contribution in [0, 0.1) is 0 Å². The topological polar surface area (TPSA) is 117 Å². The third-order valence-electron chi connectivity index (χ3n) is 4.87. The normalized spacial score (nSPS) is 14.7. The molecule has 1 aliphatic heterocycles. The fourth-order valence-electron chi connectivity index (χ4n) is 3.23. The Morgan fingerprint density at radius 1 is 1.03 bits per heavy atom. The molecule has 0 bridgehead atoms. The van der Waals surface area contributed by atoms with Crippen LogP contribution >= 0.6 is 11.6 Å². The van der Waals surface area contributed by atoms with Crippen LogP contribution < -0.4 is 21.0 Å². The first kappa shape index (κ1) is 21.1. The van der Waals surface area contributed by atoms with Crippen molar-refractivity contribution >= 4 is 35.0 Å². The molecule has 0 radical (unpaired) electrons. The highest BCUT2D eigenvalue weighted by atomic mass is 35.5. The maximum atomic E-state index is 13.0. The van der Waals surface area contributed by atoms with Gasteiger partial charge in [0.05, 0.1) is 29.8 Å². The Hall–Kier alpha value is -4.11. The van der Waals surface area contributed by atoms with Crippen molar-refractivity contribution in [3.05, 3.63) is 85.5 Å². The maximum Gasteiger partial charge on any atom is 0.335 e. The van der Waals surface area contributed by atoms with Crippen LogP contribution in [-0.4, -0.2) is 33.4 Å². The molecule has 4 rings (SSSR count). The van der Waals surface area contributed by atoms with Gasteiger partial charge in [-0.2, -0.15) is 10.1 Å². The molecule has 2 aromatic carbocycles. The number of nitrogens with one attached hydrogen (secondary N) is 1. The van der Waals surface area contributed by atoms with Crippen LogP contribution in [0.15, 0.2) is 68.8 Å². The highest BCUT2D eigenvalue weighted by molar-refractivity contribution is 6.32. The average Bonchev–Trinajstić information content (AvgIpc) is 3.05. The molecule has 0 saturated carbocycles. The Labute approximate surface area is 186 Å². The van der Waals surface area contributed by atoms with E-state index in [1.807, 2.05) is 0 Å². The molecule has 2 heterocycles. The minimum Gasteiger partial charge on any atom is -0.497 e. The molecule has 0 fully saturated rings. The summed E-state index contributed by atoms with van der Waals surface area (Å²) in [5, 5.41) is 16.6. The summed E-state index contributed by atoms with van der Waals surface area (Å²) >= 11 is 5.88. The molecule has 10 heteroatoms. The summed E-state index contributed by atoms with van der Waals surface area (Å²) in [6.45, 7) is 1.60. The van der Waals surface area contributed by atoms with Crippen molar-refractivity contribution < 1.29 is 14.6 Å². The Balaban J connectivity index is 1.78. The molecule has 2 N–H and O–H groups in total. The van der Waals surface area contributed by atoms with Gasteiger partial charge < -0.3 is 9.84 Å². The van der Waals surface area contributed by atoms with Crippen LogP contribution in [0.1, 0.15) is 12.5 Å². The highest BCUT2D eigenvalue weighted by Crippen LogP contribution is 2.28. The standard InChI is InChI=1S/C22H17ClN4O5/c1-12-17(21(30)27(25-12)15-7-9-16(32-2)10-8-15)11-18-19(28)24-22(31)26(20(18)29)14-5-3-13(23)4-6-14/h3-11,29H,1-2H3,(H,24,28,31)/b17-11-. The van der Waals surface area contributed by atoms with E-state index in [9.17, 15) is 19.5 Å². The number of rotatable bonds is 4. The van der Waals surface area contributed by atoms with E-state index >= 15 is 0 Å². The summed E-state index contributed by atoms with van der Waals surface area (Å²) < 4.78 is 6.03. The zero-order valence-electron chi connectivity index (χ0n) is 17.0. The lowest BCUT2D eigenvalue weighted by atomic mass is 10.1. The van der Waals surface area contributed by atoms with Gasteiger partial charge in [0.25, 0.3) is 11.5 Å². The van der Waals surface area contributed by atoms with Crippen LogP contribution in [0.3, 0.4) is 0 Å². The molecule has 0 aliphatic carbocycles. The number of amides is 1. The molecule has 1 aromatic heterocycles. The first-order valence-corrected chi connectivity index (χ1v) is 9.78. The average molecular weight is 453 g/mol. The number of H-pyrrole nitrogens is 1. The second-order valence-electron chi connectivity index (χ2n) is 6.87. The van der Waals surface area contributed by atoms with Crippen molar-refractivity contribution in [1.29, 1.82) is 0 Å². The van der Waals surface area contributed by atoms with Gasteiger partial charge in [-0.3, -0.25) is 14.6 Å². The van der Waals surface area contributed by atoms with Gasteiger partial charge >= 0.3 is 5.69 Å². The van der Waals surface area contributed by atoms with Gasteiger partial charge in [0, 0.05) is 5.02 Å². The zero-order chi connectivity index (χ0) is 23.0. The van der Waals surface area contributed by atoms with E-state index in [-0.39, 0.29) is 16.8 Å². The summed E-state index contributed by atoms with van der Waals surface area (Å²) in [6.07, 6.45) is 1.21. The van der Waals surface area contributed by atoms with Gasteiger partial charge in [-0.15, -0.1) is 0 Å². The van der Waals surface area contributed by atoms with E-state index in [1.54, 1.807) is 31.2 Å². The summed E-state index contributed by atoms with van der Waals surface area (Å²) in [5.41, 5.74) is -0.696. The Bertz CT molecular complexity index is 1390. The fourth-order valence-corrected chi connectivity index (χ4v) is 3.35. The molecule has 1 aliphatic rings. The Morgan fingerprint density at radius 2 is 1.66 bits per heavy atom. The quantitative estimate of drug-likeness (QED) is 0.590. The van der Waals surface area contributed by atoms with Gasteiger partial charge in [0.1, 0.15) is 11.3 Å². The lowest BCUT2D eigenvalue weighted by Gasteiger charge is -2.12. The lowest BCUT2D eigenvalue weighted by Crippen LogP contribution is -2.30. The van der Waals surface area contributed by atoms with E-state index in [0.717, 1.165) is 4.57 Å². The number of hydrogen-bond donors (Lipinski definition) is 2. The number of hydrazone groups is 1. The molecule has 0 unspecified atom stereocenters. The molecule has 0 saturated heterocycles. The van der Waals surface area contributed by atoms with Gasteiger partial charge in [0.2, 0.25) is 5.88 Å². The first-order chi connectivity index (χ1) is 15.3. The molecular weight excluding hydrogens is 436 g/mol. The number of methoxy groups -OCH3 is 1. The minimum atomic E-state index is -0.839. The Kier molecular flexibility index (Phi) is 5.41. The number of aromatic hydroxyl groups is 1. The van der Waals surface area contributed by atoms with Crippen LogP contribution in [0.25, 0.3) is 11.8 Å². The second-order valence-corrected chi connectivity index (χ2v) is 7.30. The molecular formula is C22H17ClN4O5. The summed E-state index contributed by atoms with van der Waals surface area (Å²) in [5.74, 6) is -0.481. The van der Waals surface area contributed by atoms with E-state index in [1.165, 1.54) is 42.5 Å². The Morgan fingerprint density at radius 3 is 2.28 bits per heavy atom. The van der Waals surface area contributed by atoms with Crippen LogP contribution in [-0.2, 0) is 4.79 Å². The smallest absolute Gasteiger partial charge is 0.335 e. The van der Waals surface area contributed by atoms with E-state index < -0.39 is 23.0 Å². The monoisotopic (exact) mass is 452 g/mol. The molecule has 0 spiro atoms. The van der Waals surface area contributed by atoms with Gasteiger partial charge in [-0.1, -0.05) is 11.6 Å². The third-order valence-corrected chi connectivity index (χ3v) is 5.13. The van der Waals surface area contributed by atoms with Gasteiger partial charge in [0.15, 0.2) is 0 Å². The number of carbonyl (C=O) groups excluding carboxylic acids is 1. The summed E-state index contributed by atoms with van der Waals surface area (Å²) in [6, 6.07) is 12.8. The van der Waals surface area contributed by atoms with Gasteiger partial charge in [-0.05, 0) is 61.5 Å². The minimum absolute atomic E-state index is 0.0999. The number of aromatic nitrogens is 2. The van der Waals surface area contributed by atoms with Crippen molar-refractivity contribution in [2.24, 2.45) is 5.10 Å². The van der Waals surface area contributed by atoms with Crippen molar-refractivity contribution in [3.63, 3.8) is 0 Å². The highest BCUT2D eigenvalue weighted by Gasteiger charge is 2.30. The number of anilines is 1. The SMILES string of the molecule is COc1ccc(N2N=C(C)/C(=C/c3c(O)n(-c4ccc(Cl)cc4)c(=O)[nH]c3=O)C2=O)cc1. The second kappa shape index (κ2) is 8.20. The molecule has 0 atom stereocenters. The summed E-state index contributed by atoms with van der Waals surface area (Å²) in [7, 11) is 1.53. The molecule has 3 aromatic rings. The molecule has 162 valence electrons. The lowest BCUT2D eigenvalue weighted by molar-refractivity contribution is -0.114. The van der Waals surface area contributed by atoms with Crippen molar-refractivity contribution in [2.45, 2.75) is 6.92 Å². The van der Waals surface area contributed by atoms with E-state index in [0.29, 0.717) is 22.2 Å². The number of nitrogens with zero attached hydrogens (tertiary/aromatic N) is 3.